The molecule has 0 aliphatic carbocycles. The van der Waals surface area contributed by atoms with Crippen LogP contribution in [0.5, 0.6) is 5.75 Å². The molecule has 0 amide bonds. The molecule has 0 bridgehead atoms. The lowest BCUT2D eigenvalue weighted by Crippen LogP contribution is -2.23. The zero-order valence-electron chi connectivity index (χ0n) is 16.4. The van der Waals surface area contributed by atoms with Crippen molar-refractivity contribution in [2.24, 2.45) is 7.05 Å². The third-order valence-electron chi connectivity index (χ3n) is 4.24. The van der Waals surface area contributed by atoms with Crippen molar-refractivity contribution in [1.29, 1.82) is 0 Å². The molecule has 1 aromatic heterocycles. The molecule has 0 aliphatic rings. The fraction of sp³-hybridized carbons (Fsp3) is 0.211. The first-order valence-electron chi connectivity index (χ1n) is 8.88. The average Bonchev–Trinajstić information content (AvgIpc) is 2.92. The number of nitrogens with zero attached hydrogens (tertiary/aromatic N) is 2. The highest BCUT2D eigenvalue weighted by atomic mass is 35.5. The lowest BCUT2D eigenvalue weighted by molar-refractivity contribution is -0.154. The summed E-state index contributed by atoms with van der Waals surface area (Å²) in [7, 11) is -3.09. The average molecular weight is 476 g/mol. The smallest absolute Gasteiger partial charge is 0.409 e. The Kier molecular flexibility index (Phi) is 6.54. The molecule has 1 N–H and O–H groups in total. The molecule has 2 aromatic carbocycles. The number of hydrogen-bond donors (Lipinski definition) is 1. The number of para-hydroxylation sites is 1. The monoisotopic (exact) mass is 475 g/mol. The molecular formula is C19H18ClF3N3O4P. The van der Waals surface area contributed by atoms with Crippen LogP contribution in [0, 0.1) is 6.92 Å². The van der Waals surface area contributed by atoms with Crippen molar-refractivity contribution in [1.82, 2.24) is 9.36 Å². The summed E-state index contributed by atoms with van der Waals surface area (Å²) in [5.41, 5.74) is -0.0345. The van der Waals surface area contributed by atoms with Crippen molar-refractivity contribution in [3.8, 4) is 11.4 Å². The second-order valence-electron chi connectivity index (χ2n) is 6.48. The molecule has 12 heteroatoms. The Labute approximate surface area is 180 Å². The summed E-state index contributed by atoms with van der Waals surface area (Å²) in [6.45, 7) is -0.302. The van der Waals surface area contributed by atoms with Crippen LogP contribution in [0.1, 0.15) is 5.69 Å². The maximum absolute atomic E-state index is 13.2. The van der Waals surface area contributed by atoms with Crippen LogP contribution in [0.4, 0.5) is 18.9 Å². The van der Waals surface area contributed by atoms with Gasteiger partial charge in [-0.2, -0.15) is 13.2 Å². The molecule has 3 aromatic rings. The summed E-state index contributed by atoms with van der Waals surface area (Å²) in [4.78, 5) is 13.0. The van der Waals surface area contributed by atoms with E-state index in [1.165, 1.54) is 33.6 Å². The summed E-state index contributed by atoms with van der Waals surface area (Å²) in [6, 6.07) is 14.0. The molecule has 0 saturated carbocycles. The summed E-state index contributed by atoms with van der Waals surface area (Å²) >= 11 is 5.79. The predicted molar refractivity (Wildman–Crippen MR) is 111 cm³/mol. The fourth-order valence-electron chi connectivity index (χ4n) is 2.71. The number of benzene rings is 2. The van der Waals surface area contributed by atoms with E-state index in [2.05, 4.69) is 9.61 Å². The van der Waals surface area contributed by atoms with Crippen LogP contribution in [0.3, 0.4) is 0 Å². The van der Waals surface area contributed by atoms with Gasteiger partial charge in [-0.3, -0.25) is 19.1 Å². The van der Waals surface area contributed by atoms with Crippen molar-refractivity contribution < 1.29 is 26.8 Å². The predicted octanol–water partition coefficient (Wildman–Crippen LogP) is 5.32. The van der Waals surface area contributed by atoms with E-state index in [1.807, 2.05) is 0 Å². The second kappa shape index (κ2) is 8.82. The number of hydrogen-bond acceptors (Lipinski definition) is 4. The maximum atomic E-state index is 13.2. The molecule has 1 atom stereocenters. The van der Waals surface area contributed by atoms with Gasteiger partial charge >= 0.3 is 13.9 Å². The summed E-state index contributed by atoms with van der Waals surface area (Å²) in [5, 5.41) is 2.63. The molecule has 0 spiro atoms. The van der Waals surface area contributed by atoms with Crippen LogP contribution in [0.2, 0.25) is 5.02 Å². The van der Waals surface area contributed by atoms with Crippen LogP contribution in [0.15, 0.2) is 59.4 Å². The van der Waals surface area contributed by atoms with E-state index in [1.54, 1.807) is 44.3 Å². The lowest BCUT2D eigenvalue weighted by atomic mass is 10.3. The van der Waals surface area contributed by atoms with Crippen molar-refractivity contribution >= 4 is 25.0 Å². The van der Waals surface area contributed by atoms with Gasteiger partial charge in [0.2, 0.25) is 0 Å². The highest BCUT2D eigenvalue weighted by molar-refractivity contribution is 7.55. The Morgan fingerprint density at radius 3 is 2.29 bits per heavy atom. The van der Waals surface area contributed by atoms with Gasteiger partial charge in [0.25, 0.3) is 5.56 Å². The van der Waals surface area contributed by atoms with E-state index in [0.29, 0.717) is 16.4 Å². The zero-order chi connectivity index (χ0) is 22.8. The van der Waals surface area contributed by atoms with E-state index in [-0.39, 0.29) is 11.4 Å². The van der Waals surface area contributed by atoms with E-state index in [9.17, 15) is 22.5 Å². The molecule has 1 unspecified atom stereocenters. The van der Waals surface area contributed by atoms with Gasteiger partial charge in [-0.1, -0.05) is 29.8 Å². The number of alkyl halides is 3. The van der Waals surface area contributed by atoms with Gasteiger partial charge in [0, 0.05) is 12.1 Å². The van der Waals surface area contributed by atoms with Gasteiger partial charge in [0.15, 0.2) is 6.61 Å². The summed E-state index contributed by atoms with van der Waals surface area (Å²) in [5.74, 6) is -0.0561. The standard InChI is InChI=1S/C19H18ClF3N3O4P/c1-13-17(18(27)26(25(13)2)15-6-4-3-5-7-15)24-31(28,29-12-19(21,22)23)30-16-10-8-14(20)9-11-16/h3-11H,12H2,1-2H3,(H,24,28). The van der Waals surface area contributed by atoms with E-state index in [0.717, 1.165) is 0 Å². The van der Waals surface area contributed by atoms with E-state index >= 15 is 0 Å². The molecule has 1 heterocycles. The minimum atomic E-state index is -4.77. The number of rotatable bonds is 7. The Morgan fingerprint density at radius 2 is 1.71 bits per heavy atom. The van der Waals surface area contributed by atoms with Gasteiger partial charge in [-0.05, 0) is 43.3 Å². The first kappa shape index (κ1) is 23.0. The molecule has 3 rings (SSSR count). The Hall–Kier alpha value is -2.68. The highest BCUT2D eigenvalue weighted by Gasteiger charge is 2.37. The number of aromatic nitrogens is 2. The second-order valence-corrected chi connectivity index (χ2v) is 8.58. The van der Waals surface area contributed by atoms with E-state index < -0.39 is 26.1 Å². The minimum absolute atomic E-state index is 0.0561. The summed E-state index contributed by atoms with van der Waals surface area (Å²) < 4.78 is 64.0. The molecule has 0 fully saturated rings. The minimum Gasteiger partial charge on any atom is -0.409 e. The third-order valence-corrected chi connectivity index (χ3v) is 5.91. The van der Waals surface area contributed by atoms with Gasteiger partial charge in [-0.25, -0.2) is 9.25 Å². The Morgan fingerprint density at radius 1 is 1.10 bits per heavy atom. The number of anilines is 1. The first-order valence-corrected chi connectivity index (χ1v) is 10.8. The van der Waals surface area contributed by atoms with Crippen molar-refractivity contribution in [3.63, 3.8) is 0 Å². The third kappa shape index (κ3) is 5.52. The number of nitrogens with one attached hydrogen (secondary N) is 1. The zero-order valence-corrected chi connectivity index (χ0v) is 18.0. The molecule has 7 nitrogen and oxygen atoms in total. The first-order chi connectivity index (χ1) is 14.5. The van der Waals surface area contributed by atoms with Crippen LogP contribution in [0.25, 0.3) is 5.69 Å². The van der Waals surface area contributed by atoms with Crippen molar-refractivity contribution in [2.75, 3.05) is 11.7 Å². The Bertz CT molecular complexity index is 1160. The lowest BCUT2D eigenvalue weighted by Gasteiger charge is -2.20. The molecule has 166 valence electrons. The number of halogens is 4. The topological polar surface area (TPSA) is 74.5 Å². The SMILES string of the molecule is Cc1c(NP(=O)(OCC(F)(F)F)Oc2ccc(Cl)cc2)c(=O)n(-c2ccccc2)n1C. The van der Waals surface area contributed by atoms with Gasteiger partial charge in [-0.15, -0.1) is 0 Å². The molecule has 0 saturated heterocycles. The highest BCUT2D eigenvalue weighted by Crippen LogP contribution is 2.49. The van der Waals surface area contributed by atoms with Crippen molar-refractivity contribution in [2.45, 2.75) is 13.1 Å². The van der Waals surface area contributed by atoms with Crippen LogP contribution >= 0.6 is 19.3 Å². The van der Waals surface area contributed by atoms with Crippen LogP contribution < -0.4 is 15.2 Å². The molecular weight excluding hydrogens is 458 g/mol. The van der Waals surface area contributed by atoms with Crippen LogP contribution in [-0.4, -0.2) is 22.1 Å². The largest absolute Gasteiger partial charge is 0.487 e. The quantitative estimate of drug-likeness (QED) is 0.468. The van der Waals surface area contributed by atoms with Gasteiger partial charge in [0.1, 0.15) is 11.4 Å². The van der Waals surface area contributed by atoms with Crippen molar-refractivity contribution in [3.05, 3.63) is 75.7 Å². The molecule has 31 heavy (non-hydrogen) atoms. The van der Waals surface area contributed by atoms with Gasteiger partial charge < -0.3 is 4.52 Å². The fourth-order valence-corrected chi connectivity index (χ4v) is 4.24. The van der Waals surface area contributed by atoms with Crippen LogP contribution in [-0.2, 0) is 16.1 Å². The normalized spacial score (nSPS) is 13.6. The Balaban J connectivity index is 2.00. The summed E-state index contributed by atoms with van der Waals surface area (Å²) in [6.07, 6.45) is -4.77. The maximum Gasteiger partial charge on any atom is 0.487 e. The molecule has 0 aliphatic heterocycles. The van der Waals surface area contributed by atoms with Gasteiger partial charge in [0.05, 0.1) is 11.4 Å². The van der Waals surface area contributed by atoms with E-state index in [4.69, 9.17) is 16.1 Å². The molecule has 0 radical (unpaired) electrons.